The minimum atomic E-state index is 0.574. The van der Waals surface area contributed by atoms with Gasteiger partial charge in [0, 0.05) is 12.2 Å². The van der Waals surface area contributed by atoms with E-state index in [0.29, 0.717) is 17.6 Å². The van der Waals surface area contributed by atoms with Crippen LogP contribution < -0.4 is 5.32 Å². The van der Waals surface area contributed by atoms with Gasteiger partial charge in [0.2, 0.25) is 0 Å². The van der Waals surface area contributed by atoms with E-state index in [0.717, 1.165) is 17.8 Å². The van der Waals surface area contributed by atoms with Crippen molar-refractivity contribution in [2.75, 3.05) is 11.9 Å². The zero-order valence-electron chi connectivity index (χ0n) is 11.8. The van der Waals surface area contributed by atoms with Crippen LogP contribution in [0, 0.1) is 12.8 Å². The summed E-state index contributed by atoms with van der Waals surface area (Å²) in [7, 11) is 0. The first-order chi connectivity index (χ1) is 9.24. The van der Waals surface area contributed by atoms with E-state index in [2.05, 4.69) is 35.4 Å². The maximum atomic E-state index is 5.25. The van der Waals surface area contributed by atoms with Crippen molar-refractivity contribution in [2.24, 2.45) is 5.92 Å². The van der Waals surface area contributed by atoms with Crippen molar-refractivity contribution in [3.63, 3.8) is 0 Å². The molecule has 0 saturated carbocycles. The highest BCUT2D eigenvalue weighted by Gasteiger charge is 2.11. The molecular formula is C15H21N3O. The normalized spacial score (nSPS) is 10.9. The van der Waals surface area contributed by atoms with Crippen LogP contribution in [0.1, 0.15) is 32.5 Å². The predicted molar refractivity (Wildman–Crippen MR) is 77.0 cm³/mol. The summed E-state index contributed by atoms with van der Waals surface area (Å²) in [6, 6.07) is 8.05. The molecule has 1 aromatic carbocycles. The second kappa shape index (κ2) is 6.36. The minimum Gasteiger partial charge on any atom is -0.384 e. The average molecular weight is 259 g/mol. The molecule has 102 valence electrons. The van der Waals surface area contributed by atoms with Crippen molar-refractivity contribution in [1.29, 1.82) is 0 Å². The van der Waals surface area contributed by atoms with Gasteiger partial charge in [-0.25, -0.2) is 0 Å². The highest BCUT2D eigenvalue weighted by molar-refractivity contribution is 5.72. The lowest BCUT2D eigenvalue weighted by Gasteiger charge is -2.15. The van der Waals surface area contributed by atoms with Crippen LogP contribution in [0.5, 0.6) is 0 Å². The molecule has 0 atom stereocenters. The lowest BCUT2D eigenvalue weighted by Crippen LogP contribution is -2.13. The maximum Gasteiger partial charge on any atom is 0.260 e. The van der Waals surface area contributed by atoms with E-state index in [9.17, 15) is 0 Å². The zero-order chi connectivity index (χ0) is 13.7. The van der Waals surface area contributed by atoms with Crippen LogP contribution >= 0.6 is 0 Å². The lowest BCUT2D eigenvalue weighted by molar-refractivity contribution is 0.425. The molecule has 0 aliphatic rings. The van der Waals surface area contributed by atoms with Gasteiger partial charge in [-0.15, -0.1) is 0 Å². The summed E-state index contributed by atoms with van der Waals surface area (Å²) in [5.41, 5.74) is 2.02. The van der Waals surface area contributed by atoms with E-state index in [-0.39, 0.29) is 0 Å². The largest absolute Gasteiger partial charge is 0.384 e. The first kappa shape index (κ1) is 13.6. The van der Waals surface area contributed by atoms with Gasteiger partial charge in [0.05, 0.1) is 5.56 Å². The molecule has 1 aromatic heterocycles. The Kier molecular flexibility index (Phi) is 4.55. The molecule has 4 heteroatoms. The van der Waals surface area contributed by atoms with Gasteiger partial charge in [-0.05, 0) is 25.0 Å². The molecule has 4 nitrogen and oxygen atoms in total. The van der Waals surface area contributed by atoms with E-state index < -0.39 is 0 Å². The second-order valence-corrected chi connectivity index (χ2v) is 4.76. The quantitative estimate of drug-likeness (QED) is 0.855. The average Bonchev–Trinajstić information content (AvgIpc) is 2.87. The highest BCUT2D eigenvalue weighted by Crippen LogP contribution is 2.26. The fraction of sp³-hybridized carbons (Fsp3) is 0.467. The summed E-state index contributed by atoms with van der Waals surface area (Å²) in [5, 5.41) is 7.34. The highest BCUT2D eigenvalue weighted by atomic mass is 16.5. The number of rotatable bonds is 6. The van der Waals surface area contributed by atoms with E-state index in [1.807, 2.05) is 25.1 Å². The molecule has 0 unspecified atom stereocenters. The van der Waals surface area contributed by atoms with Gasteiger partial charge in [-0.2, -0.15) is 4.98 Å². The molecule has 19 heavy (non-hydrogen) atoms. The third-order valence-corrected chi connectivity index (χ3v) is 3.42. The van der Waals surface area contributed by atoms with Crippen LogP contribution in [0.2, 0.25) is 0 Å². The summed E-state index contributed by atoms with van der Waals surface area (Å²) in [6.45, 7) is 7.25. The van der Waals surface area contributed by atoms with Crippen LogP contribution in [0.4, 0.5) is 5.69 Å². The molecule has 2 rings (SSSR count). The smallest absolute Gasteiger partial charge is 0.260 e. The first-order valence-corrected chi connectivity index (χ1v) is 6.88. The minimum absolute atomic E-state index is 0.574. The Morgan fingerprint density at radius 1 is 1.21 bits per heavy atom. The van der Waals surface area contributed by atoms with Gasteiger partial charge in [0.25, 0.3) is 5.89 Å². The summed E-state index contributed by atoms with van der Waals surface area (Å²) in [6.07, 6.45) is 2.37. The monoisotopic (exact) mass is 259 g/mol. The lowest BCUT2D eigenvalue weighted by atomic mass is 10.0. The Morgan fingerprint density at radius 2 is 1.95 bits per heavy atom. The summed E-state index contributed by atoms with van der Waals surface area (Å²) in [5.74, 6) is 1.92. The number of aryl methyl sites for hydroxylation is 1. The van der Waals surface area contributed by atoms with E-state index >= 15 is 0 Å². The van der Waals surface area contributed by atoms with Gasteiger partial charge in [-0.3, -0.25) is 0 Å². The van der Waals surface area contributed by atoms with Crippen LogP contribution in [-0.4, -0.2) is 16.7 Å². The van der Waals surface area contributed by atoms with E-state index in [1.54, 1.807) is 0 Å². The van der Waals surface area contributed by atoms with Gasteiger partial charge < -0.3 is 9.84 Å². The fourth-order valence-corrected chi connectivity index (χ4v) is 2.06. The van der Waals surface area contributed by atoms with E-state index in [1.165, 1.54) is 12.8 Å². The molecule has 0 bridgehead atoms. The first-order valence-electron chi connectivity index (χ1n) is 6.88. The van der Waals surface area contributed by atoms with Gasteiger partial charge in [-0.1, -0.05) is 44.0 Å². The number of hydrogen-bond acceptors (Lipinski definition) is 4. The van der Waals surface area contributed by atoms with E-state index in [4.69, 9.17) is 4.52 Å². The number of anilines is 1. The van der Waals surface area contributed by atoms with Crippen LogP contribution in [0.25, 0.3) is 11.5 Å². The van der Waals surface area contributed by atoms with Gasteiger partial charge in [0.15, 0.2) is 5.82 Å². The molecule has 1 N–H and O–H groups in total. The van der Waals surface area contributed by atoms with Crippen LogP contribution in [0.15, 0.2) is 28.8 Å². The number of nitrogens with one attached hydrogen (secondary N) is 1. The number of nitrogens with zero attached hydrogens (tertiary/aromatic N) is 2. The number of aromatic nitrogens is 2. The van der Waals surface area contributed by atoms with Crippen molar-refractivity contribution >= 4 is 5.69 Å². The Morgan fingerprint density at radius 3 is 2.58 bits per heavy atom. The van der Waals surface area contributed by atoms with Gasteiger partial charge in [0.1, 0.15) is 0 Å². The maximum absolute atomic E-state index is 5.25. The predicted octanol–water partition coefficient (Wildman–Crippen LogP) is 3.89. The van der Waals surface area contributed by atoms with Crippen molar-refractivity contribution in [3.05, 3.63) is 30.1 Å². The molecule has 0 radical (unpaired) electrons. The molecule has 1 heterocycles. The summed E-state index contributed by atoms with van der Waals surface area (Å²) in [4.78, 5) is 4.29. The Bertz CT molecular complexity index is 518. The van der Waals surface area contributed by atoms with Crippen LogP contribution in [0.3, 0.4) is 0 Å². The molecule has 0 fully saturated rings. The topological polar surface area (TPSA) is 51.0 Å². The Hall–Kier alpha value is -1.84. The molecule has 0 aliphatic heterocycles. The third kappa shape index (κ3) is 3.34. The van der Waals surface area contributed by atoms with Crippen molar-refractivity contribution < 1.29 is 4.52 Å². The summed E-state index contributed by atoms with van der Waals surface area (Å²) < 4.78 is 5.25. The standard InChI is InChI=1S/C15H21N3O/c1-4-12(5-2)10-16-14-9-7-6-8-13(14)15-17-11(3)18-19-15/h6-9,12,16H,4-5,10H2,1-3H3. The number of hydrogen-bond donors (Lipinski definition) is 1. The third-order valence-electron chi connectivity index (χ3n) is 3.42. The zero-order valence-corrected chi connectivity index (χ0v) is 11.8. The molecule has 2 aromatic rings. The SMILES string of the molecule is CCC(CC)CNc1ccccc1-c1nc(C)no1. The van der Waals surface area contributed by atoms with Gasteiger partial charge >= 0.3 is 0 Å². The molecule has 0 amide bonds. The van der Waals surface area contributed by atoms with Crippen molar-refractivity contribution in [1.82, 2.24) is 10.1 Å². The Balaban J connectivity index is 2.17. The second-order valence-electron chi connectivity index (χ2n) is 4.76. The molecular weight excluding hydrogens is 238 g/mol. The Labute approximate surface area is 114 Å². The number of benzene rings is 1. The molecule has 0 saturated heterocycles. The fourth-order valence-electron chi connectivity index (χ4n) is 2.06. The molecule has 0 aliphatic carbocycles. The summed E-state index contributed by atoms with van der Waals surface area (Å²) >= 11 is 0. The van der Waals surface area contributed by atoms with Crippen LogP contribution in [-0.2, 0) is 0 Å². The number of para-hydroxylation sites is 1. The van der Waals surface area contributed by atoms with Crippen molar-refractivity contribution in [3.8, 4) is 11.5 Å². The molecule has 0 spiro atoms. The van der Waals surface area contributed by atoms with Crippen molar-refractivity contribution in [2.45, 2.75) is 33.6 Å².